The number of Topliss-reactive ketones (excluding diaryl/α,β-unsaturated/α-hetero) is 1. The Bertz CT molecular complexity index is 1360. The summed E-state index contributed by atoms with van der Waals surface area (Å²) in [6, 6.07) is 7.54. The lowest BCUT2D eigenvalue weighted by molar-refractivity contribution is -0.184. The van der Waals surface area contributed by atoms with Crippen LogP contribution in [0.1, 0.15) is 83.2 Å². The quantitative estimate of drug-likeness (QED) is 0.358. The van der Waals surface area contributed by atoms with Crippen LogP contribution in [0, 0.1) is 28.6 Å². The van der Waals surface area contributed by atoms with E-state index in [0.29, 0.717) is 24.8 Å². The van der Waals surface area contributed by atoms with Crippen LogP contribution < -0.4 is 5.32 Å². The Morgan fingerprint density at radius 3 is 2.48 bits per heavy atom. The van der Waals surface area contributed by atoms with Crippen LogP contribution in [0.5, 0.6) is 0 Å². The Balaban J connectivity index is 1.18. The fraction of sp³-hybridized carbons (Fsp3) is 0.618. The monoisotopic (exact) mass is 609 g/mol. The van der Waals surface area contributed by atoms with Gasteiger partial charge in [-0.05, 0) is 73.3 Å². The molecule has 1 aromatic carbocycles. The van der Waals surface area contributed by atoms with Crippen LogP contribution in [0.3, 0.4) is 0 Å². The second kappa shape index (κ2) is 12.2. The summed E-state index contributed by atoms with van der Waals surface area (Å²) in [4.78, 5) is 62.9. The zero-order valence-corrected chi connectivity index (χ0v) is 25.7. The van der Waals surface area contributed by atoms with Crippen molar-refractivity contribution in [2.24, 2.45) is 28.6 Å². The highest BCUT2D eigenvalue weighted by Crippen LogP contribution is 2.67. The maximum atomic E-state index is 13.5. The molecule has 0 heterocycles. The number of benzene rings is 1. The molecule has 3 N–H and O–H groups in total. The fourth-order valence-electron chi connectivity index (χ4n) is 8.98. The Kier molecular flexibility index (Phi) is 8.88. The van der Waals surface area contributed by atoms with E-state index in [1.807, 2.05) is 6.92 Å². The largest absolute Gasteiger partial charge is 0.467 e. The standard InChI is InChI=1S/C34H43NO9/c1-32-15-13-22(36)17-21(32)9-10-23-24-14-16-34(42,33(24,2)18-25(37)29(23)32)26(38)19-44-28(40)12-11-27(39)35-30(31(41)43-3)20-7-5-4-6-8-20/h4-8,17,23-25,29-30,37,42H,9-16,18-19H2,1-3H3,(H,35,39)/t23-,24+,25+,29-,30-,32+,33-,34+/m1/s1. The Labute approximate surface area is 257 Å². The third kappa shape index (κ3) is 5.51. The van der Waals surface area contributed by atoms with Gasteiger partial charge in [-0.2, -0.15) is 0 Å². The molecular weight excluding hydrogens is 566 g/mol. The molecule has 3 fully saturated rings. The van der Waals surface area contributed by atoms with E-state index in [2.05, 4.69) is 12.2 Å². The maximum absolute atomic E-state index is 13.5. The number of ether oxygens (including phenoxy) is 2. The van der Waals surface area contributed by atoms with Crippen LogP contribution in [0.2, 0.25) is 0 Å². The lowest BCUT2D eigenvalue weighted by Gasteiger charge is -2.60. The molecule has 5 rings (SSSR count). The fourth-order valence-corrected chi connectivity index (χ4v) is 8.98. The number of aliphatic hydroxyl groups is 2. The predicted octanol–water partition coefficient (Wildman–Crippen LogP) is 3.14. The van der Waals surface area contributed by atoms with E-state index in [-0.39, 0.29) is 54.6 Å². The molecule has 0 unspecified atom stereocenters. The van der Waals surface area contributed by atoms with Crippen LogP contribution in [0.15, 0.2) is 42.0 Å². The third-order valence-electron chi connectivity index (χ3n) is 11.3. The number of esters is 2. The first kappa shape index (κ1) is 32.0. The molecule has 4 aliphatic carbocycles. The molecule has 10 nitrogen and oxygen atoms in total. The first-order valence-corrected chi connectivity index (χ1v) is 15.6. The van der Waals surface area contributed by atoms with E-state index in [9.17, 15) is 34.2 Å². The van der Waals surface area contributed by atoms with Crippen LogP contribution in [-0.4, -0.2) is 65.0 Å². The number of hydrogen-bond acceptors (Lipinski definition) is 9. The highest BCUT2D eigenvalue weighted by molar-refractivity contribution is 5.92. The van der Waals surface area contributed by atoms with Crippen molar-refractivity contribution in [2.45, 2.75) is 89.4 Å². The lowest BCUT2D eigenvalue weighted by Crippen LogP contribution is -2.62. The maximum Gasteiger partial charge on any atom is 0.333 e. The van der Waals surface area contributed by atoms with E-state index in [0.717, 1.165) is 18.4 Å². The van der Waals surface area contributed by atoms with Gasteiger partial charge >= 0.3 is 11.9 Å². The summed E-state index contributed by atoms with van der Waals surface area (Å²) in [6.07, 6.45) is 4.25. The number of carbonyl (C=O) groups excluding carboxylic acids is 5. The number of amides is 1. The molecule has 238 valence electrons. The summed E-state index contributed by atoms with van der Waals surface area (Å²) in [5.74, 6) is -2.39. The van der Waals surface area contributed by atoms with Gasteiger partial charge in [0.05, 0.1) is 19.6 Å². The molecule has 8 atom stereocenters. The molecule has 1 aromatic rings. The van der Waals surface area contributed by atoms with Gasteiger partial charge in [0, 0.05) is 18.3 Å². The van der Waals surface area contributed by atoms with Crippen molar-refractivity contribution in [1.82, 2.24) is 5.32 Å². The van der Waals surface area contributed by atoms with Gasteiger partial charge in [-0.15, -0.1) is 0 Å². The van der Waals surface area contributed by atoms with Gasteiger partial charge < -0.3 is 25.0 Å². The van der Waals surface area contributed by atoms with Gasteiger partial charge in [-0.25, -0.2) is 4.79 Å². The van der Waals surface area contributed by atoms with Crippen molar-refractivity contribution in [3.05, 3.63) is 47.5 Å². The number of carbonyl (C=O) groups is 5. The van der Waals surface area contributed by atoms with Gasteiger partial charge in [0.15, 0.2) is 18.4 Å². The van der Waals surface area contributed by atoms with Crippen LogP contribution >= 0.6 is 0 Å². The topological polar surface area (TPSA) is 156 Å². The van der Waals surface area contributed by atoms with E-state index in [4.69, 9.17) is 9.47 Å². The van der Waals surface area contributed by atoms with Crippen molar-refractivity contribution in [3.8, 4) is 0 Å². The molecule has 0 aliphatic heterocycles. The van der Waals surface area contributed by atoms with E-state index in [1.165, 1.54) is 7.11 Å². The normalized spacial score (nSPS) is 34.8. The van der Waals surface area contributed by atoms with E-state index >= 15 is 0 Å². The second-order valence-electron chi connectivity index (χ2n) is 13.5. The molecule has 10 heteroatoms. The van der Waals surface area contributed by atoms with Crippen molar-refractivity contribution in [3.63, 3.8) is 0 Å². The molecule has 0 aromatic heterocycles. The smallest absolute Gasteiger partial charge is 0.333 e. The molecule has 1 amide bonds. The second-order valence-corrected chi connectivity index (χ2v) is 13.5. The van der Waals surface area contributed by atoms with Crippen molar-refractivity contribution < 1.29 is 43.7 Å². The number of nitrogens with one attached hydrogen (secondary N) is 1. The first-order valence-electron chi connectivity index (χ1n) is 15.6. The highest BCUT2D eigenvalue weighted by Gasteiger charge is 2.68. The molecule has 44 heavy (non-hydrogen) atoms. The molecule has 0 bridgehead atoms. The number of ketones is 2. The van der Waals surface area contributed by atoms with Gasteiger partial charge in [-0.1, -0.05) is 49.8 Å². The summed E-state index contributed by atoms with van der Waals surface area (Å²) in [6.45, 7) is 3.39. The summed E-state index contributed by atoms with van der Waals surface area (Å²) >= 11 is 0. The number of aliphatic hydroxyl groups excluding tert-OH is 1. The highest BCUT2D eigenvalue weighted by atomic mass is 16.5. The molecular formula is C34H43NO9. The number of fused-ring (bicyclic) bond motifs is 5. The van der Waals surface area contributed by atoms with Crippen molar-refractivity contribution >= 4 is 29.4 Å². The molecule has 0 spiro atoms. The zero-order valence-electron chi connectivity index (χ0n) is 25.7. The van der Waals surface area contributed by atoms with E-state index in [1.54, 1.807) is 36.4 Å². The zero-order chi connectivity index (χ0) is 31.9. The van der Waals surface area contributed by atoms with Gasteiger partial charge in [0.25, 0.3) is 0 Å². The van der Waals surface area contributed by atoms with Gasteiger partial charge in [-0.3, -0.25) is 19.2 Å². The van der Waals surface area contributed by atoms with Gasteiger partial charge in [0.2, 0.25) is 11.7 Å². The first-order chi connectivity index (χ1) is 20.8. The van der Waals surface area contributed by atoms with Crippen LogP contribution in [0.25, 0.3) is 0 Å². The Hall–Kier alpha value is -3.37. The van der Waals surface area contributed by atoms with Crippen LogP contribution in [-0.2, 0) is 33.4 Å². The summed E-state index contributed by atoms with van der Waals surface area (Å²) in [5, 5.41) is 26.0. The van der Waals surface area contributed by atoms with Crippen LogP contribution in [0.4, 0.5) is 0 Å². The number of methoxy groups -OCH3 is 1. The molecule has 0 saturated heterocycles. The molecule has 3 saturated carbocycles. The average molecular weight is 610 g/mol. The minimum atomic E-state index is -1.76. The average Bonchev–Trinajstić information content (AvgIpc) is 3.28. The number of allylic oxidation sites excluding steroid dienone is 1. The Morgan fingerprint density at radius 1 is 1.05 bits per heavy atom. The number of rotatable bonds is 9. The summed E-state index contributed by atoms with van der Waals surface area (Å²) in [5.41, 5.74) is -1.28. The minimum absolute atomic E-state index is 0.00706. The SMILES string of the molecule is COC(=O)[C@H](NC(=O)CCC(=O)OCC(=O)[C@@]1(O)CC[C@H]2[C@H]3CCC4=CC(=O)CC[C@]4(C)[C@H]3[C@@H](O)C[C@]21C)c1ccccc1. The summed E-state index contributed by atoms with van der Waals surface area (Å²) in [7, 11) is 1.22. The molecule has 0 radical (unpaired) electrons. The Morgan fingerprint density at radius 2 is 1.77 bits per heavy atom. The summed E-state index contributed by atoms with van der Waals surface area (Å²) < 4.78 is 10.0. The van der Waals surface area contributed by atoms with Crippen molar-refractivity contribution in [2.75, 3.05) is 13.7 Å². The van der Waals surface area contributed by atoms with E-state index < -0.39 is 53.4 Å². The predicted molar refractivity (Wildman–Crippen MR) is 158 cm³/mol. The molecule has 4 aliphatic rings. The minimum Gasteiger partial charge on any atom is -0.467 e. The number of hydrogen-bond donors (Lipinski definition) is 3. The van der Waals surface area contributed by atoms with Gasteiger partial charge in [0.1, 0.15) is 5.60 Å². The third-order valence-corrected chi connectivity index (χ3v) is 11.3. The lowest BCUT2D eigenvalue weighted by atomic mass is 9.45. The van der Waals surface area contributed by atoms with Crippen molar-refractivity contribution in [1.29, 1.82) is 0 Å².